The number of hydrogen-bond donors (Lipinski definition) is 1. The first-order chi connectivity index (χ1) is 7.92. The normalized spacial score (nSPS) is 24.9. The number of piperidine rings is 1. The summed E-state index contributed by atoms with van der Waals surface area (Å²) in [6.45, 7) is 16.6. The molecule has 0 spiro atoms. The van der Waals surface area contributed by atoms with Crippen molar-refractivity contribution in [3.8, 4) is 0 Å². The second-order valence-electron chi connectivity index (χ2n) is 6.86. The van der Waals surface area contributed by atoms with E-state index in [4.69, 9.17) is 0 Å². The summed E-state index contributed by atoms with van der Waals surface area (Å²) in [7, 11) is 0. The van der Waals surface area contributed by atoms with E-state index in [0.29, 0.717) is 11.5 Å². The van der Waals surface area contributed by atoms with E-state index in [1.165, 1.54) is 38.9 Å². The van der Waals surface area contributed by atoms with Gasteiger partial charge in [-0.25, -0.2) is 0 Å². The van der Waals surface area contributed by atoms with Crippen molar-refractivity contribution in [1.82, 2.24) is 10.2 Å². The number of hydrogen-bond acceptors (Lipinski definition) is 2. The lowest BCUT2D eigenvalue weighted by molar-refractivity contribution is 0.136. The monoisotopic (exact) mass is 240 g/mol. The van der Waals surface area contributed by atoms with Crippen LogP contribution in [0.5, 0.6) is 0 Å². The number of likely N-dealkylation sites (tertiary alicyclic amines) is 1. The Morgan fingerprint density at radius 2 is 2.06 bits per heavy atom. The summed E-state index contributed by atoms with van der Waals surface area (Å²) in [5.74, 6) is 0.851. The molecule has 1 fully saturated rings. The van der Waals surface area contributed by atoms with Crippen molar-refractivity contribution in [1.29, 1.82) is 0 Å². The van der Waals surface area contributed by atoms with E-state index < -0.39 is 0 Å². The lowest BCUT2D eigenvalue weighted by Crippen LogP contribution is -2.45. The molecule has 2 atom stereocenters. The van der Waals surface area contributed by atoms with Crippen LogP contribution in [0, 0.1) is 11.3 Å². The molecule has 2 heteroatoms. The molecule has 102 valence electrons. The van der Waals surface area contributed by atoms with Gasteiger partial charge in [-0.1, -0.05) is 27.7 Å². The van der Waals surface area contributed by atoms with E-state index in [-0.39, 0.29) is 0 Å². The number of nitrogens with one attached hydrogen (secondary N) is 1. The van der Waals surface area contributed by atoms with E-state index in [1.54, 1.807) is 0 Å². The van der Waals surface area contributed by atoms with Crippen LogP contribution in [-0.2, 0) is 0 Å². The summed E-state index contributed by atoms with van der Waals surface area (Å²) in [4.78, 5) is 2.67. The van der Waals surface area contributed by atoms with Crippen LogP contribution in [-0.4, -0.2) is 37.1 Å². The first kappa shape index (κ1) is 15.0. The zero-order valence-electron chi connectivity index (χ0n) is 12.6. The molecule has 0 saturated carbocycles. The summed E-state index contributed by atoms with van der Waals surface area (Å²) in [6, 6.07) is 0.678. The van der Waals surface area contributed by atoms with E-state index in [0.717, 1.165) is 12.5 Å². The highest BCUT2D eigenvalue weighted by Gasteiger charge is 2.24. The molecule has 17 heavy (non-hydrogen) atoms. The van der Waals surface area contributed by atoms with Gasteiger partial charge in [0.05, 0.1) is 0 Å². The summed E-state index contributed by atoms with van der Waals surface area (Å²) in [6.07, 6.45) is 4.10. The quantitative estimate of drug-likeness (QED) is 0.794. The Labute approximate surface area is 108 Å². The van der Waals surface area contributed by atoms with Crippen LogP contribution >= 0.6 is 0 Å². The summed E-state index contributed by atoms with van der Waals surface area (Å²) in [5, 5.41) is 3.58. The third kappa shape index (κ3) is 5.87. The van der Waals surface area contributed by atoms with E-state index in [1.807, 2.05) is 0 Å². The van der Waals surface area contributed by atoms with Crippen molar-refractivity contribution in [2.45, 2.75) is 59.9 Å². The molecule has 0 radical (unpaired) electrons. The van der Waals surface area contributed by atoms with Crippen molar-refractivity contribution >= 4 is 0 Å². The Morgan fingerprint density at radius 1 is 1.35 bits per heavy atom. The third-order valence-corrected chi connectivity index (χ3v) is 3.95. The minimum Gasteiger partial charge on any atom is -0.314 e. The Hall–Kier alpha value is -0.0800. The zero-order chi connectivity index (χ0) is 12.9. The SMILES string of the molecule is CCNC(C)C1CCCN(CCC(C)(C)C)C1. The molecule has 2 nitrogen and oxygen atoms in total. The lowest BCUT2D eigenvalue weighted by atomic mass is 9.89. The highest BCUT2D eigenvalue weighted by Crippen LogP contribution is 2.23. The van der Waals surface area contributed by atoms with Crippen LogP contribution in [0.2, 0.25) is 0 Å². The van der Waals surface area contributed by atoms with Crippen molar-refractivity contribution in [2.24, 2.45) is 11.3 Å². The maximum atomic E-state index is 3.58. The van der Waals surface area contributed by atoms with Gasteiger partial charge >= 0.3 is 0 Å². The molecule has 2 unspecified atom stereocenters. The van der Waals surface area contributed by atoms with Crippen LogP contribution < -0.4 is 5.32 Å². The predicted molar refractivity (Wildman–Crippen MR) is 76.4 cm³/mol. The van der Waals surface area contributed by atoms with Gasteiger partial charge in [0.2, 0.25) is 0 Å². The van der Waals surface area contributed by atoms with Crippen molar-refractivity contribution < 1.29 is 0 Å². The van der Waals surface area contributed by atoms with Gasteiger partial charge in [-0.05, 0) is 57.2 Å². The molecule has 1 N–H and O–H groups in total. The fourth-order valence-corrected chi connectivity index (χ4v) is 2.68. The largest absolute Gasteiger partial charge is 0.314 e. The first-order valence-electron chi connectivity index (χ1n) is 7.38. The van der Waals surface area contributed by atoms with Crippen LogP contribution in [0.3, 0.4) is 0 Å². The van der Waals surface area contributed by atoms with Crippen LogP contribution in [0.15, 0.2) is 0 Å². The van der Waals surface area contributed by atoms with E-state index >= 15 is 0 Å². The van der Waals surface area contributed by atoms with Gasteiger partial charge in [-0.15, -0.1) is 0 Å². The van der Waals surface area contributed by atoms with Gasteiger partial charge in [0.25, 0.3) is 0 Å². The van der Waals surface area contributed by atoms with Gasteiger partial charge in [0.15, 0.2) is 0 Å². The molecule has 1 saturated heterocycles. The molecule has 0 bridgehead atoms. The van der Waals surface area contributed by atoms with E-state index in [2.05, 4.69) is 44.8 Å². The zero-order valence-corrected chi connectivity index (χ0v) is 12.6. The second-order valence-corrected chi connectivity index (χ2v) is 6.86. The van der Waals surface area contributed by atoms with Crippen LogP contribution in [0.4, 0.5) is 0 Å². The number of rotatable bonds is 5. The molecule has 0 aliphatic carbocycles. The minimum atomic E-state index is 0.472. The maximum Gasteiger partial charge on any atom is 0.00791 e. The average Bonchev–Trinajstić information content (AvgIpc) is 2.26. The van der Waals surface area contributed by atoms with Gasteiger partial charge < -0.3 is 10.2 Å². The molecule has 0 amide bonds. The highest BCUT2D eigenvalue weighted by atomic mass is 15.1. The first-order valence-corrected chi connectivity index (χ1v) is 7.38. The van der Waals surface area contributed by atoms with Gasteiger partial charge in [0, 0.05) is 12.6 Å². The predicted octanol–water partition coefficient (Wildman–Crippen LogP) is 3.13. The summed E-state index contributed by atoms with van der Waals surface area (Å²) < 4.78 is 0. The Kier molecular flexibility index (Phi) is 5.94. The van der Waals surface area contributed by atoms with Crippen molar-refractivity contribution in [2.75, 3.05) is 26.2 Å². The molecule has 0 aromatic carbocycles. The van der Waals surface area contributed by atoms with Gasteiger partial charge in [0.1, 0.15) is 0 Å². The fourth-order valence-electron chi connectivity index (χ4n) is 2.68. The molecular formula is C15H32N2. The minimum absolute atomic E-state index is 0.472. The fraction of sp³-hybridized carbons (Fsp3) is 1.00. The molecule has 0 aromatic rings. The smallest absolute Gasteiger partial charge is 0.00791 e. The molecule has 0 aromatic heterocycles. The van der Waals surface area contributed by atoms with Crippen LogP contribution in [0.1, 0.15) is 53.9 Å². The standard InChI is InChI=1S/C15H32N2/c1-6-16-13(2)14-8-7-10-17(12-14)11-9-15(3,4)5/h13-14,16H,6-12H2,1-5H3. The topological polar surface area (TPSA) is 15.3 Å². The van der Waals surface area contributed by atoms with Gasteiger partial charge in [-0.3, -0.25) is 0 Å². The van der Waals surface area contributed by atoms with Crippen LogP contribution in [0.25, 0.3) is 0 Å². The van der Waals surface area contributed by atoms with E-state index in [9.17, 15) is 0 Å². The maximum absolute atomic E-state index is 3.58. The van der Waals surface area contributed by atoms with Gasteiger partial charge in [-0.2, -0.15) is 0 Å². The highest BCUT2D eigenvalue weighted by molar-refractivity contribution is 4.80. The van der Waals surface area contributed by atoms with Crippen molar-refractivity contribution in [3.05, 3.63) is 0 Å². The Bertz CT molecular complexity index is 207. The molecule has 1 aliphatic heterocycles. The number of nitrogens with zero attached hydrogens (tertiary/aromatic N) is 1. The average molecular weight is 240 g/mol. The molecule has 1 heterocycles. The summed E-state index contributed by atoms with van der Waals surface area (Å²) >= 11 is 0. The molecular weight excluding hydrogens is 208 g/mol. The Morgan fingerprint density at radius 3 is 2.65 bits per heavy atom. The third-order valence-electron chi connectivity index (χ3n) is 3.95. The molecule has 1 aliphatic rings. The van der Waals surface area contributed by atoms with Crippen molar-refractivity contribution in [3.63, 3.8) is 0 Å². The molecule has 1 rings (SSSR count). The summed E-state index contributed by atoms with van der Waals surface area (Å²) in [5.41, 5.74) is 0.472. The lowest BCUT2D eigenvalue weighted by Gasteiger charge is -2.37. The second kappa shape index (κ2) is 6.75. The Balaban J connectivity index is 2.33.